The molecule has 0 aliphatic heterocycles. The van der Waals surface area contributed by atoms with Crippen LogP contribution in [-0.2, 0) is 0 Å². The molecule has 0 heterocycles. The third kappa shape index (κ3) is 10.6. The van der Waals surface area contributed by atoms with E-state index in [9.17, 15) is 0 Å². The summed E-state index contributed by atoms with van der Waals surface area (Å²) < 4.78 is 0. The number of rotatable bonds is 7. The Morgan fingerprint density at radius 1 is 1.07 bits per heavy atom. The molecular weight excluding hydrogens is 219 g/mol. The molecular formula is C10H26Cl2N2. The average Bonchev–Trinajstić information content (AvgIpc) is 2.12. The van der Waals surface area contributed by atoms with Gasteiger partial charge < -0.3 is 10.6 Å². The summed E-state index contributed by atoms with van der Waals surface area (Å²) in [7, 11) is 0. The SMILES string of the molecule is CCC(N)CCCN(CC)CC.Cl.Cl. The van der Waals surface area contributed by atoms with Crippen LogP contribution in [0.1, 0.15) is 40.0 Å². The van der Waals surface area contributed by atoms with Crippen molar-refractivity contribution in [3.05, 3.63) is 0 Å². The molecule has 2 nitrogen and oxygen atoms in total. The topological polar surface area (TPSA) is 29.3 Å². The molecule has 0 aromatic heterocycles. The number of nitrogens with two attached hydrogens (primary N) is 1. The summed E-state index contributed by atoms with van der Waals surface area (Å²) in [6.07, 6.45) is 3.53. The molecule has 0 rings (SSSR count). The molecule has 4 heteroatoms. The summed E-state index contributed by atoms with van der Waals surface area (Å²) in [5.41, 5.74) is 5.82. The van der Waals surface area contributed by atoms with Crippen LogP contribution in [0.15, 0.2) is 0 Å². The molecule has 0 fully saturated rings. The van der Waals surface area contributed by atoms with E-state index in [1.807, 2.05) is 0 Å². The van der Waals surface area contributed by atoms with Crippen LogP contribution in [0.25, 0.3) is 0 Å². The maximum atomic E-state index is 5.82. The second kappa shape index (κ2) is 13.5. The lowest BCUT2D eigenvalue weighted by Crippen LogP contribution is -2.26. The number of halogens is 2. The predicted molar refractivity (Wildman–Crippen MR) is 69.8 cm³/mol. The minimum atomic E-state index is 0. The highest BCUT2D eigenvalue weighted by Crippen LogP contribution is 2.00. The van der Waals surface area contributed by atoms with Gasteiger partial charge in [-0.25, -0.2) is 0 Å². The van der Waals surface area contributed by atoms with Gasteiger partial charge in [0.15, 0.2) is 0 Å². The Morgan fingerprint density at radius 2 is 1.57 bits per heavy atom. The zero-order valence-electron chi connectivity index (χ0n) is 9.66. The molecule has 0 saturated heterocycles. The molecule has 0 saturated carbocycles. The van der Waals surface area contributed by atoms with Gasteiger partial charge >= 0.3 is 0 Å². The third-order valence-corrected chi connectivity index (χ3v) is 2.47. The van der Waals surface area contributed by atoms with Gasteiger partial charge in [0.25, 0.3) is 0 Å². The van der Waals surface area contributed by atoms with Crippen molar-refractivity contribution in [3.63, 3.8) is 0 Å². The van der Waals surface area contributed by atoms with E-state index in [0.717, 1.165) is 19.5 Å². The monoisotopic (exact) mass is 244 g/mol. The smallest absolute Gasteiger partial charge is 0.00366 e. The van der Waals surface area contributed by atoms with Gasteiger partial charge in [-0.05, 0) is 38.9 Å². The van der Waals surface area contributed by atoms with Crippen LogP contribution in [0.4, 0.5) is 0 Å². The second-order valence-corrected chi connectivity index (χ2v) is 3.34. The van der Waals surface area contributed by atoms with E-state index in [1.165, 1.54) is 19.4 Å². The quantitative estimate of drug-likeness (QED) is 0.747. The van der Waals surface area contributed by atoms with E-state index in [2.05, 4.69) is 25.7 Å². The van der Waals surface area contributed by atoms with Gasteiger partial charge in [0, 0.05) is 6.04 Å². The zero-order valence-corrected chi connectivity index (χ0v) is 11.3. The van der Waals surface area contributed by atoms with Gasteiger partial charge in [-0.2, -0.15) is 0 Å². The van der Waals surface area contributed by atoms with E-state index < -0.39 is 0 Å². The lowest BCUT2D eigenvalue weighted by Gasteiger charge is -2.18. The van der Waals surface area contributed by atoms with Crippen LogP contribution < -0.4 is 5.73 Å². The van der Waals surface area contributed by atoms with Gasteiger partial charge in [-0.3, -0.25) is 0 Å². The highest BCUT2D eigenvalue weighted by molar-refractivity contribution is 5.85. The minimum Gasteiger partial charge on any atom is -0.328 e. The first kappa shape index (κ1) is 20.0. The molecule has 0 aliphatic carbocycles. The van der Waals surface area contributed by atoms with Crippen LogP contribution in [0, 0.1) is 0 Å². The summed E-state index contributed by atoms with van der Waals surface area (Å²) in [6.45, 7) is 10.1. The molecule has 0 aromatic carbocycles. The molecule has 1 unspecified atom stereocenters. The molecule has 14 heavy (non-hydrogen) atoms. The van der Waals surface area contributed by atoms with Gasteiger partial charge in [0.05, 0.1) is 0 Å². The molecule has 0 spiro atoms. The average molecular weight is 245 g/mol. The third-order valence-electron chi connectivity index (χ3n) is 2.47. The first-order chi connectivity index (χ1) is 5.74. The van der Waals surface area contributed by atoms with Crippen molar-refractivity contribution in [1.29, 1.82) is 0 Å². The Morgan fingerprint density at radius 3 is 1.93 bits per heavy atom. The molecule has 1 atom stereocenters. The van der Waals surface area contributed by atoms with Crippen LogP contribution >= 0.6 is 24.8 Å². The highest BCUT2D eigenvalue weighted by atomic mass is 35.5. The van der Waals surface area contributed by atoms with Crippen molar-refractivity contribution < 1.29 is 0 Å². The van der Waals surface area contributed by atoms with Crippen molar-refractivity contribution in [2.45, 2.75) is 46.1 Å². The zero-order chi connectivity index (χ0) is 9.40. The summed E-state index contributed by atoms with van der Waals surface area (Å²) in [6, 6.07) is 0.417. The van der Waals surface area contributed by atoms with Crippen LogP contribution in [0.3, 0.4) is 0 Å². The van der Waals surface area contributed by atoms with E-state index in [4.69, 9.17) is 5.73 Å². The Balaban J connectivity index is -0.000000605. The van der Waals surface area contributed by atoms with Crippen molar-refractivity contribution >= 4 is 24.8 Å². The maximum Gasteiger partial charge on any atom is 0.00366 e. The summed E-state index contributed by atoms with van der Waals surface area (Å²) in [4.78, 5) is 2.45. The summed E-state index contributed by atoms with van der Waals surface area (Å²) in [5, 5.41) is 0. The predicted octanol–water partition coefficient (Wildman–Crippen LogP) is 2.69. The maximum absolute atomic E-state index is 5.82. The molecule has 0 aliphatic rings. The first-order valence-corrected chi connectivity index (χ1v) is 5.22. The first-order valence-electron chi connectivity index (χ1n) is 5.22. The summed E-state index contributed by atoms with van der Waals surface area (Å²) >= 11 is 0. The standard InChI is InChI=1S/C10H24N2.2ClH/c1-4-10(11)8-7-9-12(5-2)6-3;;/h10H,4-9,11H2,1-3H3;2*1H. The number of hydrogen-bond acceptors (Lipinski definition) is 2. The van der Waals surface area contributed by atoms with Crippen LogP contribution in [0.2, 0.25) is 0 Å². The molecule has 0 bridgehead atoms. The van der Waals surface area contributed by atoms with Crippen molar-refractivity contribution in [3.8, 4) is 0 Å². The Kier molecular flexibility index (Phi) is 19.3. The van der Waals surface area contributed by atoms with Gasteiger partial charge in [-0.1, -0.05) is 20.8 Å². The molecule has 0 aromatic rings. The lowest BCUT2D eigenvalue weighted by atomic mass is 10.1. The van der Waals surface area contributed by atoms with Crippen LogP contribution in [-0.4, -0.2) is 30.6 Å². The Bertz CT molecular complexity index is 98.1. The number of nitrogens with zero attached hydrogens (tertiary/aromatic N) is 1. The molecule has 2 N–H and O–H groups in total. The number of hydrogen-bond donors (Lipinski definition) is 1. The van der Waals surface area contributed by atoms with E-state index in [-0.39, 0.29) is 24.8 Å². The van der Waals surface area contributed by atoms with Crippen molar-refractivity contribution in [2.75, 3.05) is 19.6 Å². The summed E-state index contributed by atoms with van der Waals surface area (Å²) in [5.74, 6) is 0. The fourth-order valence-corrected chi connectivity index (χ4v) is 1.32. The largest absolute Gasteiger partial charge is 0.328 e. The fourth-order valence-electron chi connectivity index (χ4n) is 1.32. The highest BCUT2D eigenvalue weighted by Gasteiger charge is 2.01. The van der Waals surface area contributed by atoms with Gasteiger partial charge in [-0.15, -0.1) is 24.8 Å². The molecule has 90 valence electrons. The normalized spacial score (nSPS) is 11.8. The molecule has 0 radical (unpaired) electrons. The molecule has 0 amide bonds. The van der Waals surface area contributed by atoms with E-state index in [0.29, 0.717) is 6.04 Å². The van der Waals surface area contributed by atoms with Crippen molar-refractivity contribution in [2.24, 2.45) is 5.73 Å². The van der Waals surface area contributed by atoms with E-state index in [1.54, 1.807) is 0 Å². The Labute approximate surface area is 101 Å². The minimum absolute atomic E-state index is 0. The van der Waals surface area contributed by atoms with Gasteiger partial charge in [0.2, 0.25) is 0 Å². The van der Waals surface area contributed by atoms with E-state index >= 15 is 0 Å². The second-order valence-electron chi connectivity index (χ2n) is 3.34. The Hall–Kier alpha value is 0.500. The van der Waals surface area contributed by atoms with Gasteiger partial charge in [0.1, 0.15) is 0 Å². The van der Waals surface area contributed by atoms with Crippen LogP contribution in [0.5, 0.6) is 0 Å². The fraction of sp³-hybridized carbons (Fsp3) is 1.00. The lowest BCUT2D eigenvalue weighted by molar-refractivity contribution is 0.292. The van der Waals surface area contributed by atoms with Crippen molar-refractivity contribution in [1.82, 2.24) is 4.90 Å².